The number of aliphatic hydroxyl groups excluding tert-OH is 1. The Morgan fingerprint density at radius 3 is 2.75 bits per heavy atom. The summed E-state index contributed by atoms with van der Waals surface area (Å²) in [5, 5.41) is 16.7. The molecule has 0 saturated carbocycles. The molecule has 0 aliphatic rings. The molecular formula is C17H16ClN3O3. The molecule has 3 rings (SSSR count). The Hall–Kier alpha value is -2.57. The Morgan fingerprint density at radius 1 is 1.38 bits per heavy atom. The van der Waals surface area contributed by atoms with Crippen LogP contribution in [0.4, 0.5) is 0 Å². The third-order valence-electron chi connectivity index (χ3n) is 3.44. The molecule has 0 saturated heterocycles. The lowest BCUT2D eigenvalue weighted by atomic mass is 10.2. The van der Waals surface area contributed by atoms with E-state index >= 15 is 0 Å². The molecule has 0 bridgehead atoms. The topological polar surface area (TPSA) is 80.3 Å². The van der Waals surface area contributed by atoms with Crippen molar-refractivity contribution < 1.29 is 14.3 Å². The van der Waals surface area contributed by atoms with E-state index < -0.39 is 0 Å². The minimum Gasteiger partial charge on any atom is -0.463 e. The average molecular weight is 346 g/mol. The molecule has 2 aromatic heterocycles. The summed E-state index contributed by atoms with van der Waals surface area (Å²) in [6.45, 7) is 1.57. The zero-order chi connectivity index (χ0) is 17.1. The smallest absolute Gasteiger partial charge is 0.272 e. The first-order valence-electron chi connectivity index (χ1n) is 7.40. The molecule has 0 aliphatic heterocycles. The number of halogens is 1. The Balaban J connectivity index is 2.03. The van der Waals surface area contributed by atoms with Crippen LogP contribution in [-0.4, -0.2) is 33.4 Å². The fourth-order valence-corrected chi connectivity index (χ4v) is 2.34. The Morgan fingerprint density at radius 2 is 2.12 bits per heavy atom. The average Bonchev–Trinajstić information content (AvgIpc) is 3.24. The van der Waals surface area contributed by atoms with Crippen LogP contribution in [0.25, 0.3) is 17.1 Å². The van der Waals surface area contributed by atoms with Gasteiger partial charge in [0.15, 0.2) is 11.5 Å². The van der Waals surface area contributed by atoms with Gasteiger partial charge in [-0.25, -0.2) is 4.68 Å². The summed E-state index contributed by atoms with van der Waals surface area (Å²) in [4.78, 5) is 12.3. The fraction of sp³-hybridized carbons (Fsp3) is 0.176. The summed E-state index contributed by atoms with van der Waals surface area (Å²) < 4.78 is 7.06. The molecule has 7 heteroatoms. The lowest BCUT2D eigenvalue weighted by molar-refractivity contribution is 0.0917. The third kappa shape index (κ3) is 3.34. The fourth-order valence-electron chi connectivity index (χ4n) is 2.21. The second-order valence-corrected chi connectivity index (χ2v) is 5.77. The molecule has 24 heavy (non-hydrogen) atoms. The molecule has 0 fully saturated rings. The minimum absolute atomic E-state index is 0.144. The molecular weight excluding hydrogens is 330 g/mol. The van der Waals surface area contributed by atoms with Gasteiger partial charge >= 0.3 is 0 Å². The number of nitrogens with zero attached hydrogens (tertiary/aromatic N) is 2. The largest absolute Gasteiger partial charge is 0.463 e. The van der Waals surface area contributed by atoms with Crippen LogP contribution in [0.15, 0.2) is 53.1 Å². The first-order chi connectivity index (χ1) is 11.6. The lowest BCUT2D eigenvalue weighted by Gasteiger charge is -2.08. The van der Waals surface area contributed by atoms with E-state index in [-0.39, 0.29) is 24.2 Å². The summed E-state index contributed by atoms with van der Waals surface area (Å²) >= 11 is 5.93. The van der Waals surface area contributed by atoms with Crippen LogP contribution in [0.1, 0.15) is 17.4 Å². The zero-order valence-corrected chi connectivity index (χ0v) is 13.7. The van der Waals surface area contributed by atoms with Crippen molar-refractivity contribution in [1.29, 1.82) is 0 Å². The van der Waals surface area contributed by atoms with Gasteiger partial charge in [0.05, 0.1) is 18.6 Å². The summed E-state index contributed by atoms with van der Waals surface area (Å²) in [5.41, 5.74) is 1.63. The van der Waals surface area contributed by atoms with Crippen LogP contribution in [0.2, 0.25) is 5.02 Å². The van der Waals surface area contributed by atoms with Gasteiger partial charge in [0.25, 0.3) is 5.91 Å². The Labute approximate surface area is 143 Å². The summed E-state index contributed by atoms with van der Waals surface area (Å²) in [5.74, 6) is 0.226. The maximum absolute atomic E-state index is 12.3. The monoisotopic (exact) mass is 345 g/mol. The van der Waals surface area contributed by atoms with Gasteiger partial charge in [0, 0.05) is 17.1 Å². The predicted octanol–water partition coefficient (Wildman–Crippen LogP) is 2.90. The first-order valence-corrected chi connectivity index (χ1v) is 7.78. The van der Waals surface area contributed by atoms with Crippen molar-refractivity contribution in [2.45, 2.75) is 13.0 Å². The number of hydrogen-bond acceptors (Lipinski definition) is 4. The van der Waals surface area contributed by atoms with Crippen molar-refractivity contribution in [2.24, 2.45) is 0 Å². The van der Waals surface area contributed by atoms with Gasteiger partial charge in [-0.05, 0) is 43.3 Å². The van der Waals surface area contributed by atoms with Crippen LogP contribution >= 0.6 is 11.6 Å². The van der Waals surface area contributed by atoms with Crippen molar-refractivity contribution in [3.05, 3.63) is 59.4 Å². The Kier molecular flexibility index (Phi) is 4.69. The van der Waals surface area contributed by atoms with Crippen molar-refractivity contribution in [2.75, 3.05) is 6.61 Å². The summed E-state index contributed by atoms with van der Waals surface area (Å²) in [6, 6.07) is 12.0. The molecule has 1 atom stereocenters. The SMILES string of the molecule is CC(CO)NC(=O)c1cc(-c2ccco2)n(-c2ccc(Cl)cc2)n1. The number of furan rings is 1. The van der Waals surface area contributed by atoms with Crippen LogP contribution < -0.4 is 5.32 Å². The van der Waals surface area contributed by atoms with Crippen LogP contribution in [0.5, 0.6) is 0 Å². The van der Waals surface area contributed by atoms with Crippen LogP contribution in [0.3, 0.4) is 0 Å². The highest BCUT2D eigenvalue weighted by atomic mass is 35.5. The normalized spacial score (nSPS) is 12.1. The van der Waals surface area contributed by atoms with Gasteiger partial charge < -0.3 is 14.8 Å². The van der Waals surface area contributed by atoms with Crippen molar-refractivity contribution in [3.8, 4) is 17.1 Å². The maximum atomic E-state index is 12.3. The van der Waals surface area contributed by atoms with E-state index in [4.69, 9.17) is 21.1 Å². The summed E-state index contributed by atoms with van der Waals surface area (Å²) in [7, 11) is 0. The van der Waals surface area contributed by atoms with Crippen LogP contribution in [-0.2, 0) is 0 Å². The number of amides is 1. The molecule has 0 radical (unpaired) electrons. The number of benzene rings is 1. The number of carbonyl (C=O) groups excluding carboxylic acids is 1. The Bertz CT molecular complexity index is 825. The number of nitrogens with one attached hydrogen (secondary N) is 1. The molecule has 3 aromatic rings. The number of aliphatic hydroxyl groups is 1. The standard InChI is InChI=1S/C17H16ClN3O3/c1-11(10-22)19-17(23)14-9-15(16-3-2-8-24-16)21(20-14)13-6-4-12(18)5-7-13/h2-9,11,22H,10H2,1H3,(H,19,23). The van der Waals surface area contributed by atoms with Gasteiger partial charge in [0.1, 0.15) is 5.69 Å². The van der Waals surface area contributed by atoms with Crippen LogP contribution in [0, 0.1) is 0 Å². The molecule has 0 spiro atoms. The molecule has 2 heterocycles. The van der Waals surface area contributed by atoms with Gasteiger partial charge in [-0.2, -0.15) is 5.10 Å². The molecule has 2 N–H and O–H groups in total. The molecule has 6 nitrogen and oxygen atoms in total. The van der Waals surface area contributed by atoms with E-state index in [1.165, 1.54) is 0 Å². The van der Waals surface area contributed by atoms with Crippen molar-refractivity contribution >= 4 is 17.5 Å². The molecule has 1 aromatic carbocycles. The quantitative estimate of drug-likeness (QED) is 0.745. The van der Waals surface area contributed by atoms with Crippen molar-refractivity contribution in [1.82, 2.24) is 15.1 Å². The maximum Gasteiger partial charge on any atom is 0.272 e. The predicted molar refractivity (Wildman–Crippen MR) is 90.3 cm³/mol. The molecule has 1 unspecified atom stereocenters. The number of hydrogen-bond donors (Lipinski definition) is 2. The van der Waals surface area contributed by atoms with Gasteiger partial charge in [-0.3, -0.25) is 4.79 Å². The zero-order valence-electron chi connectivity index (χ0n) is 12.9. The van der Waals surface area contributed by atoms with Gasteiger partial charge in [-0.15, -0.1) is 0 Å². The molecule has 1 amide bonds. The number of rotatable bonds is 5. The highest BCUT2D eigenvalue weighted by molar-refractivity contribution is 6.30. The summed E-state index contributed by atoms with van der Waals surface area (Å²) in [6.07, 6.45) is 1.56. The highest BCUT2D eigenvalue weighted by Gasteiger charge is 2.19. The lowest BCUT2D eigenvalue weighted by Crippen LogP contribution is -2.35. The van der Waals surface area contributed by atoms with Gasteiger partial charge in [0.2, 0.25) is 0 Å². The van der Waals surface area contributed by atoms with E-state index in [2.05, 4.69) is 10.4 Å². The van der Waals surface area contributed by atoms with Crippen molar-refractivity contribution in [3.63, 3.8) is 0 Å². The minimum atomic E-state index is -0.364. The van der Waals surface area contributed by atoms with E-state index in [0.29, 0.717) is 16.5 Å². The second-order valence-electron chi connectivity index (χ2n) is 5.34. The molecule has 124 valence electrons. The number of carbonyl (C=O) groups is 1. The van der Waals surface area contributed by atoms with Gasteiger partial charge in [-0.1, -0.05) is 11.6 Å². The second kappa shape index (κ2) is 6.90. The third-order valence-corrected chi connectivity index (χ3v) is 3.69. The van der Waals surface area contributed by atoms with E-state index in [0.717, 1.165) is 5.69 Å². The number of aromatic nitrogens is 2. The first kappa shape index (κ1) is 16.3. The van der Waals surface area contributed by atoms with E-state index in [1.807, 2.05) is 0 Å². The highest BCUT2D eigenvalue weighted by Crippen LogP contribution is 2.25. The van der Waals surface area contributed by atoms with E-state index in [1.54, 1.807) is 60.3 Å². The molecule has 0 aliphatic carbocycles. The van der Waals surface area contributed by atoms with E-state index in [9.17, 15) is 4.79 Å².